The lowest BCUT2D eigenvalue weighted by atomic mass is 9.91. The van der Waals surface area contributed by atoms with E-state index in [-0.39, 0.29) is 6.61 Å². The van der Waals surface area contributed by atoms with Crippen LogP contribution in [0.15, 0.2) is 78.9 Å². The predicted octanol–water partition coefficient (Wildman–Crippen LogP) is 9.72. The first-order chi connectivity index (χ1) is 21.5. The van der Waals surface area contributed by atoms with Crippen LogP contribution in [-0.4, -0.2) is 32.9 Å². The molecule has 2 heterocycles. The molecule has 0 aliphatic rings. The van der Waals surface area contributed by atoms with Gasteiger partial charge in [0.1, 0.15) is 5.01 Å². The number of benzene rings is 4. The lowest BCUT2D eigenvalue weighted by molar-refractivity contribution is -0.166. The number of esters is 1. The molecule has 8 heteroatoms. The lowest BCUT2D eigenvalue weighted by Crippen LogP contribution is -2.29. The average Bonchev–Trinajstić information content (AvgIpc) is 3.56. The fraction of sp³-hybridized carbons (Fsp3) is 0.270. The van der Waals surface area contributed by atoms with Crippen molar-refractivity contribution in [1.29, 1.82) is 0 Å². The van der Waals surface area contributed by atoms with Crippen molar-refractivity contribution < 1.29 is 14.3 Å². The summed E-state index contributed by atoms with van der Waals surface area (Å²) >= 11 is 7.91. The summed E-state index contributed by atoms with van der Waals surface area (Å²) in [5.74, 6) is -0.414. The van der Waals surface area contributed by atoms with Gasteiger partial charge in [0.2, 0.25) is 0 Å². The van der Waals surface area contributed by atoms with Crippen LogP contribution in [0.1, 0.15) is 56.2 Å². The van der Waals surface area contributed by atoms with Gasteiger partial charge in [0, 0.05) is 32.8 Å². The minimum atomic E-state index is -0.917. The summed E-state index contributed by atoms with van der Waals surface area (Å²) in [6.07, 6.45) is -0.917. The number of carbonyl (C=O) groups is 1. The smallest absolute Gasteiger partial charge is 0.339 e. The van der Waals surface area contributed by atoms with E-state index >= 15 is 0 Å². The maximum absolute atomic E-state index is 13.5. The number of aromatic nitrogens is 3. The van der Waals surface area contributed by atoms with E-state index in [1.807, 2.05) is 71.0 Å². The molecule has 0 unspecified atom stereocenters. The number of aryl methyl sites for hydroxylation is 2. The topological polar surface area (TPSA) is 66.2 Å². The van der Waals surface area contributed by atoms with E-state index in [4.69, 9.17) is 31.2 Å². The van der Waals surface area contributed by atoms with Gasteiger partial charge in [0.15, 0.2) is 6.10 Å². The maximum Gasteiger partial charge on any atom is 0.339 e. The number of nitrogens with zero attached hydrogens (tertiary/aromatic N) is 3. The molecule has 6 nitrogen and oxygen atoms in total. The minimum absolute atomic E-state index is 0.259. The summed E-state index contributed by atoms with van der Waals surface area (Å²) in [5, 5.41) is 7.50. The Morgan fingerprint density at radius 2 is 1.67 bits per heavy atom. The zero-order valence-corrected chi connectivity index (χ0v) is 27.9. The molecule has 4 aromatic carbocycles. The van der Waals surface area contributed by atoms with Crippen LogP contribution >= 0.6 is 22.9 Å². The third-order valence-corrected chi connectivity index (χ3v) is 9.11. The molecule has 0 N–H and O–H groups in total. The lowest BCUT2D eigenvalue weighted by Gasteiger charge is -2.29. The molecule has 0 amide bonds. The molecule has 2 aromatic heterocycles. The van der Waals surface area contributed by atoms with Crippen LogP contribution in [0.4, 0.5) is 0 Å². The van der Waals surface area contributed by atoms with Gasteiger partial charge in [-0.2, -0.15) is 5.10 Å². The van der Waals surface area contributed by atoms with Crippen LogP contribution in [0.2, 0.25) is 5.02 Å². The minimum Gasteiger partial charge on any atom is -0.464 e. The van der Waals surface area contributed by atoms with Gasteiger partial charge in [-0.15, -0.1) is 11.3 Å². The third-order valence-electron chi connectivity index (χ3n) is 7.72. The Morgan fingerprint density at radius 1 is 0.956 bits per heavy atom. The largest absolute Gasteiger partial charge is 0.464 e. The number of ether oxygens (including phenoxy) is 2. The van der Waals surface area contributed by atoms with Gasteiger partial charge in [-0.3, -0.25) is 4.68 Å². The molecule has 6 aromatic rings. The Morgan fingerprint density at radius 3 is 2.36 bits per heavy atom. The number of carbonyl (C=O) groups excluding carboxylic acids is 1. The summed E-state index contributed by atoms with van der Waals surface area (Å²) in [5.41, 5.74) is 8.06. The van der Waals surface area contributed by atoms with E-state index in [0.717, 1.165) is 59.6 Å². The molecule has 0 spiro atoms. The van der Waals surface area contributed by atoms with E-state index in [0.29, 0.717) is 11.6 Å². The summed E-state index contributed by atoms with van der Waals surface area (Å²) in [6.45, 7) is 12.7. The molecule has 0 aliphatic heterocycles. The van der Waals surface area contributed by atoms with E-state index in [1.54, 1.807) is 11.3 Å². The number of thiazole rings is 1. The van der Waals surface area contributed by atoms with E-state index in [2.05, 4.69) is 54.1 Å². The van der Waals surface area contributed by atoms with Gasteiger partial charge in [-0.05, 0) is 94.6 Å². The van der Waals surface area contributed by atoms with Crippen molar-refractivity contribution in [3.63, 3.8) is 0 Å². The van der Waals surface area contributed by atoms with Crippen LogP contribution in [0.25, 0.3) is 42.8 Å². The molecule has 1 atom stereocenters. The molecule has 0 saturated carbocycles. The van der Waals surface area contributed by atoms with Gasteiger partial charge in [-0.25, -0.2) is 9.78 Å². The van der Waals surface area contributed by atoms with E-state index < -0.39 is 17.7 Å². The quantitative estimate of drug-likeness (QED) is 0.155. The molecular weight excluding hydrogens is 602 g/mol. The predicted molar refractivity (Wildman–Crippen MR) is 184 cm³/mol. The van der Waals surface area contributed by atoms with Crippen molar-refractivity contribution in [2.24, 2.45) is 0 Å². The Balaban J connectivity index is 1.51. The number of fused-ring (bicyclic) bond motifs is 2. The highest BCUT2D eigenvalue weighted by Gasteiger charge is 2.33. The van der Waals surface area contributed by atoms with Crippen molar-refractivity contribution in [1.82, 2.24) is 14.8 Å². The molecular formula is C37H36ClN3O3S. The monoisotopic (exact) mass is 637 g/mol. The van der Waals surface area contributed by atoms with Crippen molar-refractivity contribution in [3.05, 3.63) is 106 Å². The van der Waals surface area contributed by atoms with Crippen molar-refractivity contribution in [2.45, 2.75) is 59.8 Å². The van der Waals surface area contributed by atoms with Gasteiger partial charge in [0.25, 0.3) is 0 Å². The molecule has 0 aliphatic carbocycles. The normalized spacial score (nSPS) is 12.6. The van der Waals surface area contributed by atoms with Crippen LogP contribution in [-0.2, 0) is 20.8 Å². The molecule has 0 bridgehead atoms. The molecule has 0 saturated heterocycles. The standard InChI is InChI=1S/C37H36ClN3O3S/c1-7-43-36(42)33(44-37(4,5)6)31-22(2)19-30-34(32(31)25-13-16-27(38)17-14-25)45-35(39-30)26-15-18-29-28(20-26)23(3)41(40-29)21-24-11-9-8-10-12-24/h8-20,33H,7,21H2,1-6H3/t33-/m0/s1. The molecule has 6 rings (SSSR count). The van der Waals surface area contributed by atoms with Crippen LogP contribution in [0.3, 0.4) is 0 Å². The van der Waals surface area contributed by atoms with Gasteiger partial charge in [0.05, 0.1) is 34.5 Å². The number of halogens is 1. The molecule has 230 valence electrons. The second-order valence-corrected chi connectivity index (χ2v) is 13.6. The molecule has 0 radical (unpaired) electrons. The highest BCUT2D eigenvalue weighted by molar-refractivity contribution is 7.22. The molecule has 0 fully saturated rings. The fourth-order valence-corrected chi connectivity index (χ4v) is 6.92. The maximum atomic E-state index is 13.5. The SMILES string of the molecule is CCOC(=O)[C@@H](OC(C)(C)C)c1c(C)cc2nc(-c3ccc4nn(Cc5ccccc5)c(C)c4c3)sc2c1-c1ccc(Cl)cc1. The highest BCUT2D eigenvalue weighted by atomic mass is 35.5. The first-order valence-electron chi connectivity index (χ1n) is 15.1. The summed E-state index contributed by atoms with van der Waals surface area (Å²) < 4.78 is 15.0. The second-order valence-electron chi connectivity index (χ2n) is 12.2. The van der Waals surface area contributed by atoms with Gasteiger partial charge < -0.3 is 9.47 Å². The third kappa shape index (κ3) is 6.39. The summed E-state index contributed by atoms with van der Waals surface area (Å²) in [4.78, 5) is 18.6. The van der Waals surface area contributed by atoms with Crippen LogP contribution in [0.5, 0.6) is 0 Å². The van der Waals surface area contributed by atoms with Crippen molar-refractivity contribution in [2.75, 3.05) is 6.61 Å². The zero-order valence-electron chi connectivity index (χ0n) is 26.3. The highest BCUT2D eigenvalue weighted by Crippen LogP contribution is 2.45. The van der Waals surface area contributed by atoms with Crippen LogP contribution < -0.4 is 0 Å². The van der Waals surface area contributed by atoms with Gasteiger partial charge >= 0.3 is 5.97 Å². The van der Waals surface area contributed by atoms with E-state index in [9.17, 15) is 4.79 Å². The van der Waals surface area contributed by atoms with E-state index in [1.165, 1.54) is 5.56 Å². The Hall–Kier alpha value is -4.04. The van der Waals surface area contributed by atoms with Crippen LogP contribution in [0, 0.1) is 13.8 Å². The summed E-state index contributed by atoms with van der Waals surface area (Å²) in [6, 6.07) is 26.4. The average molecular weight is 638 g/mol. The zero-order chi connectivity index (χ0) is 31.9. The number of hydrogen-bond donors (Lipinski definition) is 0. The second kappa shape index (κ2) is 12.4. The first kappa shape index (κ1) is 31.0. The van der Waals surface area contributed by atoms with Crippen molar-refractivity contribution in [3.8, 4) is 21.7 Å². The Labute approximate surface area is 272 Å². The molecule has 45 heavy (non-hydrogen) atoms. The first-order valence-corrected chi connectivity index (χ1v) is 16.3. The van der Waals surface area contributed by atoms with Crippen molar-refractivity contribution >= 4 is 50.0 Å². The van der Waals surface area contributed by atoms with Gasteiger partial charge in [-0.1, -0.05) is 54.1 Å². The number of hydrogen-bond acceptors (Lipinski definition) is 6. The Bertz CT molecular complexity index is 2010. The summed E-state index contributed by atoms with van der Waals surface area (Å²) in [7, 11) is 0. The number of rotatable bonds is 8. The Kier molecular flexibility index (Phi) is 8.53. The fourth-order valence-electron chi connectivity index (χ4n) is 5.67.